The molecule has 0 spiro atoms. The van der Waals surface area contributed by atoms with Crippen molar-refractivity contribution in [3.63, 3.8) is 0 Å². The van der Waals surface area contributed by atoms with Crippen molar-refractivity contribution in [1.82, 2.24) is 4.90 Å². The van der Waals surface area contributed by atoms with Crippen LogP contribution >= 0.6 is 0 Å². The topological polar surface area (TPSA) is 15.6 Å². The van der Waals surface area contributed by atoms with Gasteiger partial charge in [0.2, 0.25) is 0 Å². The summed E-state index contributed by atoms with van der Waals surface area (Å²) in [4.78, 5) is 6.70. The molecule has 1 aromatic carbocycles. The van der Waals surface area contributed by atoms with Gasteiger partial charge in [0.05, 0.1) is 0 Å². The Hall–Kier alpha value is -1.38. The molecule has 0 saturated carbocycles. The van der Waals surface area contributed by atoms with Crippen molar-refractivity contribution in [3.8, 4) is 0 Å². The molecule has 0 atom stereocenters. The molecule has 3 rings (SSSR count). The highest BCUT2D eigenvalue weighted by atomic mass is 19.1. The summed E-state index contributed by atoms with van der Waals surface area (Å²) in [6.45, 7) is 1.89. The zero-order valence-electron chi connectivity index (χ0n) is 8.54. The lowest BCUT2D eigenvalue weighted by molar-refractivity contribution is 0.358. The molecule has 2 aliphatic heterocycles. The molecule has 78 valence electrons. The molecule has 2 nitrogen and oxygen atoms in total. The second-order valence-corrected chi connectivity index (χ2v) is 4.15. The number of amidine groups is 1. The maximum absolute atomic E-state index is 13.5. The highest BCUT2D eigenvalue weighted by Crippen LogP contribution is 2.31. The Balaban J connectivity index is 2.07. The van der Waals surface area contributed by atoms with E-state index >= 15 is 0 Å². The average Bonchev–Trinajstić information content (AvgIpc) is 2.27. The van der Waals surface area contributed by atoms with Crippen LogP contribution in [-0.2, 0) is 6.54 Å². The number of nitrogens with zero attached hydrogens (tertiary/aromatic N) is 2. The number of fused-ring (bicyclic) bond motifs is 2. The van der Waals surface area contributed by atoms with E-state index in [-0.39, 0.29) is 5.82 Å². The van der Waals surface area contributed by atoms with Crippen molar-refractivity contribution >= 4 is 11.5 Å². The smallest absolute Gasteiger partial charge is 0.149 e. The van der Waals surface area contributed by atoms with Crippen molar-refractivity contribution in [1.29, 1.82) is 0 Å². The van der Waals surface area contributed by atoms with E-state index in [0.29, 0.717) is 5.69 Å². The summed E-state index contributed by atoms with van der Waals surface area (Å²) in [6.07, 6.45) is 3.40. The van der Waals surface area contributed by atoms with Crippen LogP contribution in [-0.4, -0.2) is 17.3 Å². The minimum absolute atomic E-state index is 0.190. The van der Waals surface area contributed by atoms with Crippen LogP contribution < -0.4 is 0 Å². The molecular formula is C12H13FN2. The van der Waals surface area contributed by atoms with Gasteiger partial charge in [-0.1, -0.05) is 12.1 Å². The zero-order chi connectivity index (χ0) is 10.3. The third kappa shape index (κ3) is 1.42. The summed E-state index contributed by atoms with van der Waals surface area (Å²) in [5, 5.41) is 0. The fourth-order valence-electron chi connectivity index (χ4n) is 2.32. The van der Waals surface area contributed by atoms with Gasteiger partial charge in [0.25, 0.3) is 0 Å². The SMILES string of the molecule is Fc1cccc2c1N=C1CCCCN1C2. The molecule has 0 bridgehead atoms. The van der Waals surface area contributed by atoms with Crippen LogP contribution in [0.4, 0.5) is 10.1 Å². The number of benzene rings is 1. The van der Waals surface area contributed by atoms with Gasteiger partial charge in [-0.05, 0) is 18.9 Å². The first-order valence-electron chi connectivity index (χ1n) is 5.44. The molecule has 0 aliphatic carbocycles. The van der Waals surface area contributed by atoms with Gasteiger partial charge in [-0.3, -0.25) is 0 Å². The van der Waals surface area contributed by atoms with Gasteiger partial charge in [-0.15, -0.1) is 0 Å². The van der Waals surface area contributed by atoms with Crippen molar-refractivity contribution in [3.05, 3.63) is 29.6 Å². The normalized spacial score (nSPS) is 19.3. The predicted molar refractivity (Wildman–Crippen MR) is 57.8 cm³/mol. The van der Waals surface area contributed by atoms with Crippen LogP contribution in [0.2, 0.25) is 0 Å². The van der Waals surface area contributed by atoms with Gasteiger partial charge in [-0.2, -0.15) is 0 Å². The van der Waals surface area contributed by atoms with Gasteiger partial charge >= 0.3 is 0 Å². The van der Waals surface area contributed by atoms with Gasteiger partial charge in [-0.25, -0.2) is 9.38 Å². The van der Waals surface area contributed by atoms with Crippen molar-refractivity contribution in [2.45, 2.75) is 25.8 Å². The van der Waals surface area contributed by atoms with E-state index < -0.39 is 0 Å². The predicted octanol–water partition coefficient (Wildman–Crippen LogP) is 2.86. The maximum Gasteiger partial charge on any atom is 0.149 e. The molecule has 0 unspecified atom stereocenters. The Morgan fingerprint density at radius 3 is 3.13 bits per heavy atom. The fourth-order valence-corrected chi connectivity index (χ4v) is 2.32. The number of aliphatic imine (C=N–C) groups is 1. The molecule has 1 saturated heterocycles. The third-order valence-corrected chi connectivity index (χ3v) is 3.12. The summed E-state index contributed by atoms with van der Waals surface area (Å²) in [5.41, 5.74) is 1.58. The van der Waals surface area contributed by atoms with E-state index in [1.165, 1.54) is 18.9 Å². The Morgan fingerprint density at radius 1 is 1.27 bits per heavy atom. The largest absolute Gasteiger partial charge is 0.356 e. The van der Waals surface area contributed by atoms with Crippen LogP contribution in [0.15, 0.2) is 23.2 Å². The lowest BCUT2D eigenvalue weighted by Crippen LogP contribution is -2.36. The van der Waals surface area contributed by atoms with Crippen molar-refractivity contribution < 1.29 is 4.39 Å². The summed E-state index contributed by atoms with van der Waals surface area (Å²) < 4.78 is 13.5. The first-order valence-corrected chi connectivity index (χ1v) is 5.44. The van der Waals surface area contributed by atoms with Crippen LogP contribution in [0.1, 0.15) is 24.8 Å². The quantitative estimate of drug-likeness (QED) is 0.634. The minimum atomic E-state index is -0.190. The molecule has 0 amide bonds. The van der Waals surface area contributed by atoms with Gasteiger partial charge in [0.15, 0.2) is 0 Å². The van der Waals surface area contributed by atoms with E-state index in [4.69, 9.17) is 0 Å². The van der Waals surface area contributed by atoms with E-state index in [1.807, 2.05) is 6.07 Å². The lowest BCUT2D eigenvalue weighted by Gasteiger charge is -2.33. The summed E-state index contributed by atoms with van der Waals surface area (Å²) >= 11 is 0. The van der Waals surface area contributed by atoms with E-state index in [9.17, 15) is 4.39 Å². The summed E-state index contributed by atoms with van der Waals surface area (Å²) in [7, 11) is 0. The monoisotopic (exact) mass is 204 g/mol. The molecule has 0 radical (unpaired) electrons. The average molecular weight is 204 g/mol. The third-order valence-electron chi connectivity index (χ3n) is 3.12. The zero-order valence-corrected chi connectivity index (χ0v) is 8.54. The molecule has 1 fully saturated rings. The van der Waals surface area contributed by atoms with Gasteiger partial charge in [0.1, 0.15) is 17.3 Å². The van der Waals surface area contributed by atoms with Crippen LogP contribution in [0.25, 0.3) is 0 Å². The Labute approximate surface area is 88.4 Å². The number of hydrogen-bond donors (Lipinski definition) is 0. The Morgan fingerprint density at radius 2 is 2.20 bits per heavy atom. The Bertz CT molecular complexity index is 426. The highest BCUT2D eigenvalue weighted by Gasteiger charge is 2.23. The van der Waals surface area contributed by atoms with Crippen LogP contribution in [0.3, 0.4) is 0 Å². The van der Waals surface area contributed by atoms with E-state index in [0.717, 1.165) is 30.9 Å². The van der Waals surface area contributed by atoms with Crippen LogP contribution in [0.5, 0.6) is 0 Å². The lowest BCUT2D eigenvalue weighted by atomic mass is 10.0. The molecule has 15 heavy (non-hydrogen) atoms. The number of halogens is 1. The van der Waals surface area contributed by atoms with Crippen LogP contribution in [0, 0.1) is 5.82 Å². The maximum atomic E-state index is 13.5. The first kappa shape index (κ1) is 8.89. The molecule has 1 aromatic rings. The molecule has 3 heteroatoms. The fraction of sp³-hybridized carbons (Fsp3) is 0.417. The molecule has 0 N–H and O–H groups in total. The van der Waals surface area contributed by atoms with Crippen molar-refractivity contribution in [2.24, 2.45) is 4.99 Å². The standard InChI is InChI=1S/C12H13FN2/c13-10-5-3-4-9-8-15-7-2-1-6-11(15)14-12(9)10/h3-5H,1-2,6-8H2. The minimum Gasteiger partial charge on any atom is -0.356 e. The molecule has 2 aliphatic rings. The molecule has 0 aromatic heterocycles. The number of piperidine rings is 1. The second-order valence-electron chi connectivity index (χ2n) is 4.15. The van der Waals surface area contributed by atoms with Gasteiger partial charge < -0.3 is 4.90 Å². The Kier molecular flexibility index (Phi) is 1.97. The summed E-state index contributed by atoms with van der Waals surface area (Å²) in [6, 6.07) is 5.22. The van der Waals surface area contributed by atoms with Crippen molar-refractivity contribution in [2.75, 3.05) is 6.54 Å². The number of para-hydroxylation sites is 1. The number of rotatable bonds is 0. The highest BCUT2D eigenvalue weighted by molar-refractivity contribution is 5.87. The molecular weight excluding hydrogens is 191 g/mol. The number of hydrogen-bond acceptors (Lipinski definition) is 2. The van der Waals surface area contributed by atoms with E-state index in [2.05, 4.69) is 9.89 Å². The van der Waals surface area contributed by atoms with Gasteiger partial charge in [0, 0.05) is 25.1 Å². The first-order chi connectivity index (χ1) is 7.34. The summed E-state index contributed by atoms with van der Waals surface area (Å²) in [5.74, 6) is 0.879. The molecule has 2 heterocycles. The van der Waals surface area contributed by atoms with E-state index in [1.54, 1.807) is 6.07 Å². The second kappa shape index (κ2) is 3.33.